The number of carbonyl (C=O) groups is 1. The van der Waals surface area contributed by atoms with Gasteiger partial charge in [0.2, 0.25) is 0 Å². The smallest absolute Gasteiger partial charge is 0.279 e. The van der Waals surface area contributed by atoms with Crippen LogP contribution in [0.1, 0.15) is 10.4 Å². The van der Waals surface area contributed by atoms with Crippen LogP contribution in [0.4, 0.5) is 0 Å². The van der Waals surface area contributed by atoms with Crippen LogP contribution in [-0.4, -0.2) is 11.0 Å². The zero-order valence-electron chi connectivity index (χ0n) is 6.03. The molecule has 0 saturated carbocycles. The van der Waals surface area contributed by atoms with Crippen LogP contribution in [0, 0.1) is 4.91 Å². The van der Waals surface area contributed by atoms with Gasteiger partial charge < -0.3 is 0 Å². The quantitative estimate of drug-likeness (QED) is 0.467. The Morgan fingerprint density at radius 3 is 3.00 bits per heavy atom. The number of nitrogens with zero attached hydrogens (tertiary/aromatic N) is 2. The number of hydrogen-bond acceptors (Lipinski definition) is 5. The molecule has 0 fully saturated rings. The maximum Gasteiger partial charge on any atom is 0.372 e. The van der Waals surface area contributed by atoms with Crippen molar-refractivity contribution in [2.24, 2.45) is 5.34 Å². The van der Waals surface area contributed by atoms with E-state index in [0.717, 1.165) is 0 Å². The monoisotopic (exact) mass is 264 g/mol. The van der Waals surface area contributed by atoms with Crippen molar-refractivity contribution >= 4 is 33.5 Å². The molecule has 0 aliphatic rings. The fourth-order valence-electron chi connectivity index (χ4n) is 0.649. The SMILES string of the molecule is O=NOC(=O)c1cc(Br)cnc1Cl. The zero-order valence-corrected chi connectivity index (χ0v) is 8.37. The van der Waals surface area contributed by atoms with Crippen LogP contribution < -0.4 is 0 Å². The molecule has 0 spiro atoms. The molecule has 1 heterocycles. The molecule has 0 aliphatic heterocycles. The minimum atomic E-state index is -0.936. The summed E-state index contributed by atoms with van der Waals surface area (Å²) in [6.07, 6.45) is 1.41. The van der Waals surface area contributed by atoms with Crippen molar-refractivity contribution in [3.05, 3.63) is 32.4 Å². The molecule has 68 valence electrons. The molecule has 0 atom stereocenters. The van der Waals surface area contributed by atoms with E-state index >= 15 is 0 Å². The summed E-state index contributed by atoms with van der Waals surface area (Å²) in [4.78, 5) is 28.1. The number of carbonyl (C=O) groups excluding carboxylic acids is 1. The molecular formula is C6H2BrClN2O3. The van der Waals surface area contributed by atoms with Gasteiger partial charge in [-0.15, -0.1) is 4.91 Å². The lowest BCUT2D eigenvalue weighted by Crippen LogP contribution is -2.02. The molecule has 1 aromatic rings. The van der Waals surface area contributed by atoms with Crippen LogP contribution in [0.5, 0.6) is 0 Å². The minimum Gasteiger partial charge on any atom is -0.279 e. The molecule has 0 unspecified atom stereocenters. The Morgan fingerprint density at radius 1 is 1.69 bits per heavy atom. The molecule has 7 heteroatoms. The topological polar surface area (TPSA) is 68.6 Å². The first kappa shape index (κ1) is 10.1. The van der Waals surface area contributed by atoms with Crippen molar-refractivity contribution in [1.29, 1.82) is 0 Å². The first-order chi connectivity index (χ1) is 6.15. The van der Waals surface area contributed by atoms with E-state index in [2.05, 4.69) is 25.8 Å². The number of pyridine rings is 1. The normalized spacial score (nSPS) is 9.38. The molecule has 0 N–H and O–H groups in total. The highest BCUT2D eigenvalue weighted by molar-refractivity contribution is 9.10. The van der Waals surface area contributed by atoms with Crippen LogP contribution in [0.25, 0.3) is 0 Å². The third-order valence-electron chi connectivity index (χ3n) is 1.15. The Kier molecular flexibility index (Phi) is 3.32. The minimum absolute atomic E-state index is 0.0179. The Hall–Kier alpha value is -1.01. The van der Waals surface area contributed by atoms with Gasteiger partial charge in [0, 0.05) is 10.7 Å². The molecule has 13 heavy (non-hydrogen) atoms. The molecule has 0 saturated heterocycles. The van der Waals surface area contributed by atoms with Gasteiger partial charge in [0.05, 0.1) is 0 Å². The number of aromatic nitrogens is 1. The fourth-order valence-corrected chi connectivity index (χ4v) is 1.16. The van der Waals surface area contributed by atoms with Gasteiger partial charge in [0.1, 0.15) is 10.7 Å². The van der Waals surface area contributed by atoms with E-state index in [0.29, 0.717) is 4.47 Å². The third kappa shape index (κ3) is 2.46. The van der Waals surface area contributed by atoms with Crippen molar-refractivity contribution in [3.8, 4) is 0 Å². The molecule has 0 amide bonds. The van der Waals surface area contributed by atoms with Gasteiger partial charge in [0.25, 0.3) is 0 Å². The van der Waals surface area contributed by atoms with E-state index in [1.54, 1.807) is 0 Å². The molecule has 1 aromatic heterocycles. The van der Waals surface area contributed by atoms with Gasteiger partial charge in [-0.25, -0.2) is 9.78 Å². The first-order valence-electron chi connectivity index (χ1n) is 3.00. The molecule has 1 rings (SSSR count). The maximum absolute atomic E-state index is 11.0. The van der Waals surface area contributed by atoms with Gasteiger partial charge in [-0.1, -0.05) is 11.6 Å². The summed E-state index contributed by atoms with van der Waals surface area (Å²) in [5.41, 5.74) is -0.0179. The Bertz CT molecular complexity index is 358. The van der Waals surface area contributed by atoms with E-state index in [4.69, 9.17) is 11.6 Å². The van der Waals surface area contributed by atoms with E-state index in [1.807, 2.05) is 5.34 Å². The molecule has 0 bridgehead atoms. The van der Waals surface area contributed by atoms with Gasteiger partial charge in [-0.3, -0.25) is 4.84 Å². The molecular weight excluding hydrogens is 263 g/mol. The maximum atomic E-state index is 11.0. The molecule has 0 aliphatic carbocycles. The van der Waals surface area contributed by atoms with Crippen molar-refractivity contribution in [2.75, 3.05) is 0 Å². The van der Waals surface area contributed by atoms with Crippen molar-refractivity contribution in [2.45, 2.75) is 0 Å². The molecule has 0 radical (unpaired) electrons. The van der Waals surface area contributed by atoms with Crippen molar-refractivity contribution < 1.29 is 9.63 Å². The predicted molar refractivity (Wildman–Crippen MR) is 48.2 cm³/mol. The second-order valence-electron chi connectivity index (χ2n) is 1.95. The van der Waals surface area contributed by atoms with E-state index in [1.165, 1.54) is 12.3 Å². The van der Waals surface area contributed by atoms with Crippen LogP contribution in [0.2, 0.25) is 5.15 Å². The van der Waals surface area contributed by atoms with Crippen LogP contribution in [-0.2, 0) is 4.84 Å². The molecule has 0 aromatic carbocycles. The van der Waals surface area contributed by atoms with Gasteiger partial charge in [0.15, 0.2) is 5.34 Å². The van der Waals surface area contributed by atoms with E-state index in [-0.39, 0.29) is 10.7 Å². The molecule has 5 nitrogen and oxygen atoms in total. The Labute approximate surface area is 86.1 Å². The largest absolute Gasteiger partial charge is 0.372 e. The van der Waals surface area contributed by atoms with Crippen molar-refractivity contribution in [3.63, 3.8) is 0 Å². The highest BCUT2D eigenvalue weighted by Crippen LogP contribution is 2.18. The van der Waals surface area contributed by atoms with Gasteiger partial charge >= 0.3 is 5.97 Å². The Balaban J connectivity index is 3.05. The lowest BCUT2D eigenvalue weighted by molar-refractivity contribution is 0.0508. The highest BCUT2D eigenvalue weighted by Gasteiger charge is 2.14. The third-order valence-corrected chi connectivity index (χ3v) is 1.88. The number of rotatable bonds is 2. The first-order valence-corrected chi connectivity index (χ1v) is 4.17. The zero-order chi connectivity index (χ0) is 9.84. The number of hydrogen-bond donors (Lipinski definition) is 0. The predicted octanol–water partition coefficient (Wildman–Crippen LogP) is 2.34. The number of halogens is 2. The lowest BCUT2D eigenvalue weighted by Gasteiger charge is -1.98. The van der Waals surface area contributed by atoms with Crippen LogP contribution in [0.3, 0.4) is 0 Å². The Morgan fingerprint density at radius 2 is 2.38 bits per heavy atom. The van der Waals surface area contributed by atoms with Gasteiger partial charge in [-0.05, 0) is 22.0 Å². The summed E-state index contributed by atoms with van der Waals surface area (Å²) in [5.74, 6) is -0.936. The summed E-state index contributed by atoms with van der Waals surface area (Å²) >= 11 is 8.63. The summed E-state index contributed by atoms with van der Waals surface area (Å²) in [6, 6.07) is 1.38. The summed E-state index contributed by atoms with van der Waals surface area (Å²) in [7, 11) is 0. The van der Waals surface area contributed by atoms with Gasteiger partial charge in [-0.2, -0.15) is 0 Å². The summed E-state index contributed by atoms with van der Waals surface area (Å²) in [6.45, 7) is 0. The standard InChI is InChI=1S/C6H2BrClN2O3/c7-3-1-4(5(8)9-2-3)6(11)13-10-12/h1-2H. The van der Waals surface area contributed by atoms with E-state index in [9.17, 15) is 9.70 Å². The highest BCUT2D eigenvalue weighted by atomic mass is 79.9. The van der Waals surface area contributed by atoms with Crippen LogP contribution in [0.15, 0.2) is 22.1 Å². The lowest BCUT2D eigenvalue weighted by atomic mass is 10.3. The fraction of sp³-hybridized carbons (Fsp3) is 0. The van der Waals surface area contributed by atoms with Crippen LogP contribution >= 0.6 is 27.5 Å². The summed E-state index contributed by atoms with van der Waals surface area (Å²) in [5, 5.41) is 1.94. The second kappa shape index (κ2) is 4.29. The summed E-state index contributed by atoms with van der Waals surface area (Å²) < 4.78 is 0.551. The average molecular weight is 265 g/mol. The average Bonchev–Trinajstić information content (AvgIpc) is 2.09. The van der Waals surface area contributed by atoms with E-state index < -0.39 is 5.97 Å². The second-order valence-corrected chi connectivity index (χ2v) is 3.22. The van der Waals surface area contributed by atoms with Crippen molar-refractivity contribution in [1.82, 2.24) is 4.98 Å².